The number of aromatic nitrogens is 4. The molecule has 0 saturated carbocycles. The number of aryl methyl sites for hydroxylation is 1. The smallest absolute Gasteiger partial charge is 0.280 e. The average Bonchev–Trinajstić information content (AvgIpc) is 3.39. The molecule has 8 heteroatoms. The first-order chi connectivity index (χ1) is 18.3. The van der Waals surface area contributed by atoms with Gasteiger partial charge in [0, 0.05) is 54.3 Å². The molecule has 0 atom stereocenters. The maximum atomic E-state index is 13.6. The molecule has 192 valence electrons. The lowest BCUT2D eigenvalue weighted by Crippen LogP contribution is -2.23. The molecule has 6 rings (SSSR count). The van der Waals surface area contributed by atoms with Crippen molar-refractivity contribution in [3.63, 3.8) is 0 Å². The molecule has 4 aromatic heterocycles. The number of nitrogens with zero attached hydrogens (tertiary/aromatic N) is 4. The Bertz CT molecular complexity index is 1810. The highest BCUT2D eigenvalue weighted by Crippen LogP contribution is 2.37. The first-order valence-electron chi connectivity index (χ1n) is 12.6. The number of hydrogen-bond acceptors (Lipinski definition) is 5. The predicted octanol–water partition coefficient (Wildman–Crippen LogP) is 4.21. The zero-order chi connectivity index (χ0) is 26.6. The summed E-state index contributed by atoms with van der Waals surface area (Å²) in [4.78, 5) is 31.0. The van der Waals surface area contributed by atoms with Crippen LogP contribution in [0.4, 0.5) is 11.4 Å². The molecule has 38 heavy (non-hydrogen) atoms. The number of hydrogen-bond donors (Lipinski definition) is 2. The Morgan fingerprint density at radius 3 is 2.58 bits per heavy atom. The first kappa shape index (κ1) is 23.9. The summed E-state index contributed by atoms with van der Waals surface area (Å²) in [6.45, 7) is 4.15. The van der Waals surface area contributed by atoms with E-state index in [1.807, 2.05) is 47.0 Å². The molecule has 5 aromatic rings. The Kier molecular flexibility index (Phi) is 5.57. The van der Waals surface area contributed by atoms with Crippen LogP contribution in [0.1, 0.15) is 30.7 Å². The van der Waals surface area contributed by atoms with Crippen molar-refractivity contribution in [3.05, 3.63) is 111 Å². The molecule has 0 radical (unpaired) electrons. The fourth-order valence-electron chi connectivity index (χ4n) is 5.57. The van der Waals surface area contributed by atoms with Crippen LogP contribution in [0.2, 0.25) is 0 Å². The molecule has 0 unspecified atom stereocenters. The lowest BCUT2D eigenvalue weighted by atomic mass is 9.90. The van der Waals surface area contributed by atoms with Crippen molar-refractivity contribution in [1.82, 2.24) is 18.5 Å². The molecular formula is C30H29N5O3. The molecule has 0 amide bonds. The maximum Gasteiger partial charge on any atom is 0.280 e. The van der Waals surface area contributed by atoms with Crippen molar-refractivity contribution in [2.24, 2.45) is 12.5 Å². The van der Waals surface area contributed by atoms with E-state index in [1.54, 1.807) is 37.8 Å². The lowest BCUT2D eigenvalue weighted by Gasteiger charge is -2.17. The Labute approximate surface area is 219 Å². The van der Waals surface area contributed by atoms with Crippen molar-refractivity contribution in [2.75, 3.05) is 5.32 Å². The normalized spacial score (nSPS) is 14.1. The summed E-state index contributed by atoms with van der Waals surface area (Å²) in [5, 5.41) is 13.7. The van der Waals surface area contributed by atoms with Crippen LogP contribution in [0, 0.1) is 5.41 Å². The first-order valence-corrected chi connectivity index (χ1v) is 12.6. The molecule has 8 nitrogen and oxygen atoms in total. The van der Waals surface area contributed by atoms with E-state index in [2.05, 4.69) is 24.1 Å². The number of rotatable bonds is 5. The second-order valence-electron chi connectivity index (χ2n) is 10.7. The Balaban J connectivity index is 1.47. The van der Waals surface area contributed by atoms with Crippen molar-refractivity contribution in [3.8, 4) is 16.9 Å². The van der Waals surface area contributed by atoms with Gasteiger partial charge in [0.05, 0.1) is 6.61 Å². The third-order valence-corrected chi connectivity index (χ3v) is 7.32. The molecule has 1 aliphatic carbocycles. The van der Waals surface area contributed by atoms with Crippen LogP contribution in [0.25, 0.3) is 22.5 Å². The standard InChI is InChI=1S/C30H29N5O3/c1-30(2)15-19-14-25-29(38)35(12-11-34(25)26(19)16-30)27-23(18-36)22(9-10-31-27)20-13-24(28(37)33(3)17-20)32-21-7-5-4-6-8-21/h4-14,17,32,36H,15-16,18H2,1-3H3. The number of aliphatic hydroxyl groups excluding tert-OH is 1. The van der Waals surface area contributed by atoms with Crippen LogP contribution in [-0.4, -0.2) is 23.6 Å². The average molecular weight is 508 g/mol. The summed E-state index contributed by atoms with van der Waals surface area (Å²) in [6.07, 6.45) is 8.82. The molecule has 0 saturated heterocycles. The van der Waals surface area contributed by atoms with Gasteiger partial charge in [-0.05, 0) is 59.7 Å². The van der Waals surface area contributed by atoms with E-state index in [4.69, 9.17) is 0 Å². The quantitative estimate of drug-likeness (QED) is 0.372. The maximum absolute atomic E-state index is 13.6. The molecule has 2 N–H and O–H groups in total. The van der Waals surface area contributed by atoms with Crippen LogP contribution in [0.5, 0.6) is 0 Å². The van der Waals surface area contributed by atoms with Gasteiger partial charge in [-0.25, -0.2) is 4.98 Å². The van der Waals surface area contributed by atoms with Crippen LogP contribution in [-0.2, 0) is 26.5 Å². The van der Waals surface area contributed by atoms with Crippen LogP contribution in [0.3, 0.4) is 0 Å². The number of fused-ring (bicyclic) bond motifs is 3. The van der Waals surface area contributed by atoms with Gasteiger partial charge in [-0.15, -0.1) is 0 Å². The van der Waals surface area contributed by atoms with Crippen LogP contribution in [0.15, 0.2) is 82.9 Å². The van der Waals surface area contributed by atoms with E-state index < -0.39 is 0 Å². The third kappa shape index (κ3) is 3.94. The van der Waals surface area contributed by atoms with Gasteiger partial charge in [0.1, 0.15) is 17.0 Å². The van der Waals surface area contributed by atoms with Gasteiger partial charge in [0.15, 0.2) is 0 Å². The Morgan fingerprint density at radius 1 is 1.03 bits per heavy atom. The largest absolute Gasteiger partial charge is 0.392 e. The minimum atomic E-state index is -0.327. The second kappa shape index (κ2) is 8.85. The highest BCUT2D eigenvalue weighted by molar-refractivity contribution is 5.74. The van der Waals surface area contributed by atoms with Gasteiger partial charge >= 0.3 is 0 Å². The summed E-state index contributed by atoms with van der Waals surface area (Å²) >= 11 is 0. The van der Waals surface area contributed by atoms with Crippen molar-refractivity contribution in [1.29, 1.82) is 0 Å². The van der Waals surface area contributed by atoms with Gasteiger partial charge in [-0.1, -0.05) is 32.0 Å². The van der Waals surface area contributed by atoms with E-state index in [9.17, 15) is 14.7 Å². The molecule has 0 spiro atoms. The second-order valence-corrected chi connectivity index (χ2v) is 10.7. The Morgan fingerprint density at radius 2 is 1.82 bits per heavy atom. The van der Waals surface area contributed by atoms with Crippen molar-refractivity contribution < 1.29 is 5.11 Å². The topological polar surface area (TPSA) is 93.6 Å². The number of nitrogens with one attached hydrogen (secondary N) is 1. The molecule has 4 heterocycles. The van der Waals surface area contributed by atoms with Gasteiger partial charge in [-0.2, -0.15) is 0 Å². The molecule has 1 aliphatic rings. The van der Waals surface area contributed by atoms with Gasteiger partial charge in [0.25, 0.3) is 11.1 Å². The van der Waals surface area contributed by atoms with E-state index in [-0.39, 0.29) is 23.1 Å². The molecular weight excluding hydrogens is 478 g/mol. The van der Waals surface area contributed by atoms with Crippen LogP contribution < -0.4 is 16.4 Å². The monoisotopic (exact) mass is 507 g/mol. The van der Waals surface area contributed by atoms with Gasteiger partial charge < -0.3 is 19.4 Å². The van der Waals surface area contributed by atoms with E-state index in [1.165, 1.54) is 20.4 Å². The minimum absolute atomic E-state index is 0.177. The van der Waals surface area contributed by atoms with E-state index in [0.717, 1.165) is 24.1 Å². The minimum Gasteiger partial charge on any atom is -0.392 e. The number of pyridine rings is 2. The fraction of sp³-hybridized carbons (Fsp3) is 0.233. The number of para-hydroxylation sites is 1. The third-order valence-electron chi connectivity index (χ3n) is 7.32. The number of anilines is 2. The highest BCUT2D eigenvalue weighted by Gasteiger charge is 2.31. The summed E-state index contributed by atoms with van der Waals surface area (Å²) in [5.74, 6) is 0.366. The predicted molar refractivity (Wildman–Crippen MR) is 148 cm³/mol. The fourth-order valence-corrected chi connectivity index (χ4v) is 5.57. The lowest BCUT2D eigenvalue weighted by molar-refractivity contribution is 0.281. The summed E-state index contributed by atoms with van der Waals surface area (Å²) < 4.78 is 4.99. The zero-order valence-corrected chi connectivity index (χ0v) is 21.6. The number of aliphatic hydroxyl groups is 1. The highest BCUT2D eigenvalue weighted by atomic mass is 16.3. The summed E-state index contributed by atoms with van der Waals surface area (Å²) in [6, 6.07) is 15.0. The van der Waals surface area contributed by atoms with Gasteiger partial charge in [0.2, 0.25) is 0 Å². The molecule has 0 fully saturated rings. The van der Waals surface area contributed by atoms with E-state index in [0.29, 0.717) is 28.1 Å². The van der Waals surface area contributed by atoms with Gasteiger partial charge in [-0.3, -0.25) is 14.2 Å². The Hall–Kier alpha value is -4.43. The molecule has 0 bridgehead atoms. The summed E-state index contributed by atoms with van der Waals surface area (Å²) in [5.41, 5.74) is 5.92. The van der Waals surface area contributed by atoms with Crippen LogP contribution >= 0.6 is 0 Å². The molecule has 0 aliphatic heterocycles. The van der Waals surface area contributed by atoms with Crippen molar-refractivity contribution >= 4 is 16.9 Å². The van der Waals surface area contributed by atoms with E-state index >= 15 is 0 Å². The molecule has 1 aromatic carbocycles. The summed E-state index contributed by atoms with van der Waals surface area (Å²) in [7, 11) is 1.69. The number of benzene rings is 1. The zero-order valence-electron chi connectivity index (χ0n) is 21.6. The van der Waals surface area contributed by atoms with Crippen molar-refractivity contribution in [2.45, 2.75) is 33.3 Å². The SMILES string of the molecule is Cn1cc(-c2ccnc(-n3ccn4c5c(cc4c3=O)CC(C)(C)C5)c2CO)cc(Nc2ccccc2)c1=O.